The van der Waals surface area contributed by atoms with Gasteiger partial charge in [0.25, 0.3) is 5.56 Å². The van der Waals surface area contributed by atoms with E-state index in [1.54, 1.807) is 6.07 Å². The second-order valence-electron chi connectivity index (χ2n) is 4.40. The number of likely N-dealkylation sites (tertiary alicyclic amines) is 1. The van der Waals surface area contributed by atoms with E-state index in [9.17, 15) is 14.4 Å². The Morgan fingerprint density at radius 2 is 2.16 bits per heavy atom. The molecule has 19 heavy (non-hydrogen) atoms. The van der Waals surface area contributed by atoms with Crippen LogP contribution in [0.25, 0.3) is 0 Å². The summed E-state index contributed by atoms with van der Waals surface area (Å²) < 4.78 is 1.96. The Morgan fingerprint density at radius 3 is 2.84 bits per heavy atom. The van der Waals surface area contributed by atoms with Crippen LogP contribution in [0.5, 0.6) is 0 Å². The highest BCUT2D eigenvalue weighted by Crippen LogP contribution is 2.18. The van der Waals surface area contributed by atoms with Gasteiger partial charge in [-0.1, -0.05) is 0 Å². The van der Waals surface area contributed by atoms with Crippen LogP contribution in [0.2, 0.25) is 0 Å². The first-order valence-corrected chi connectivity index (χ1v) is 6.66. The minimum atomic E-state index is -0.993. The number of nitrogens with zero attached hydrogens (tertiary/aromatic N) is 2. The zero-order valence-electron chi connectivity index (χ0n) is 10.1. The molecule has 0 unspecified atom stereocenters. The third kappa shape index (κ3) is 3.04. The minimum Gasteiger partial charge on any atom is -0.480 e. The van der Waals surface area contributed by atoms with Crippen molar-refractivity contribution in [3.63, 3.8) is 0 Å². The molecule has 0 aromatic carbocycles. The Bertz CT molecular complexity index is 569. The number of hydrogen-bond acceptors (Lipinski definition) is 3. The number of amides is 1. The summed E-state index contributed by atoms with van der Waals surface area (Å²) in [6.45, 7) is 0.292. The predicted molar refractivity (Wildman–Crippen MR) is 70.8 cm³/mol. The van der Waals surface area contributed by atoms with Gasteiger partial charge in [0.15, 0.2) is 0 Å². The summed E-state index contributed by atoms with van der Waals surface area (Å²) in [5.74, 6) is -1.34. The summed E-state index contributed by atoms with van der Waals surface area (Å²) in [4.78, 5) is 36.0. The number of pyridine rings is 1. The summed E-state index contributed by atoms with van der Waals surface area (Å²) in [5, 5.41) is 9.03. The second-order valence-corrected chi connectivity index (χ2v) is 5.31. The van der Waals surface area contributed by atoms with E-state index in [1.165, 1.54) is 21.7 Å². The highest BCUT2D eigenvalue weighted by molar-refractivity contribution is 9.10. The summed E-state index contributed by atoms with van der Waals surface area (Å²) in [5.41, 5.74) is -0.289. The Hall–Kier alpha value is -1.63. The van der Waals surface area contributed by atoms with E-state index in [1.807, 2.05) is 0 Å². The molecular weight excluding hydrogens is 316 g/mol. The lowest BCUT2D eigenvalue weighted by atomic mass is 10.2. The van der Waals surface area contributed by atoms with Gasteiger partial charge >= 0.3 is 5.97 Å². The van der Waals surface area contributed by atoms with Crippen LogP contribution >= 0.6 is 15.9 Å². The number of carbonyl (C=O) groups is 2. The van der Waals surface area contributed by atoms with Crippen LogP contribution in [0.4, 0.5) is 0 Å². The van der Waals surface area contributed by atoms with Crippen molar-refractivity contribution in [1.29, 1.82) is 0 Å². The van der Waals surface area contributed by atoms with Gasteiger partial charge in [-0.2, -0.15) is 0 Å². The Kier molecular flexibility index (Phi) is 4.04. The molecule has 0 spiro atoms. The molecule has 1 atom stereocenters. The molecule has 1 saturated heterocycles. The molecule has 0 saturated carbocycles. The van der Waals surface area contributed by atoms with Gasteiger partial charge < -0.3 is 14.6 Å². The van der Waals surface area contributed by atoms with Crippen molar-refractivity contribution < 1.29 is 14.7 Å². The van der Waals surface area contributed by atoms with Crippen LogP contribution < -0.4 is 5.56 Å². The maximum atomic E-state index is 12.1. The highest BCUT2D eigenvalue weighted by Gasteiger charge is 2.33. The van der Waals surface area contributed by atoms with Gasteiger partial charge in [-0.15, -0.1) is 0 Å². The van der Waals surface area contributed by atoms with Gasteiger partial charge in [-0.05, 0) is 34.8 Å². The molecular formula is C12H13BrN2O4. The van der Waals surface area contributed by atoms with Gasteiger partial charge in [0.2, 0.25) is 5.91 Å². The van der Waals surface area contributed by atoms with E-state index < -0.39 is 12.0 Å². The molecule has 2 rings (SSSR count). The third-order valence-electron chi connectivity index (χ3n) is 3.11. The summed E-state index contributed by atoms with van der Waals surface area (Å²) >= 11 is 3.23. The lowest BCUT2D eigenvalue weighted by molar-refractivity contribution is -0.148. The fraction of sp³-hybridized carbons (Fsp3) is 0.417. The molecule has 2 heterocycles. The summed E-state index contributed by atoms with van der Waals surface area (Å²) in [6, 6.07) is 2.19. The van der Waals surface area contributed by atoms with Crippen LogP contribution in [0.15, 0.2) is 27.6 Å². The fourth-order valence-electron chi connectivity index (χ4n) is 2.18. The van der Waals surface area contributed by atoms with E-state index in [-0.39, 0.29) is 18.0 Å². The molecule has 7 heteroatoms. The normalized spacial score (nSPS) is 18.6. The van der Waals surface area contributed by atoms with E-state index in [4.69, 9.17) is 5.11 Å². The van der Waals surface area contributed by atoms with Crippen LogP contribution in [-0.4, -0.2) is 39.0 Å². The first-order chi connectivity index (χ1) is 8.99. The van der Waals surface area contributed by atoms with E-state index in [2.05, 4.69) is 15.9 Å². The van der Waals surface area contributed by atoms with Crippen molar-refractivity contribution in [2.24, 2.45) is 0 Å². The number of aliphatic carboxylic acids is 1. The smallest absolute Gasteiger partial charge is 0.326 e. The number of halogens is 1. The molecule has 102 valence electrons. The zero-order valence-corrected chi connectivity index (χ0v) is 11.7. The lowest BCUT2D eigenvalue weighted by Gasteiger charge is -2.21. The van der Waals surface area contributed by atoms with Gasteiger partial charge in [-0.25, -0.2) is 4.79 Å². The first kappa shape index (κ1) is 13.8. The van der Waals surface area contributed by atoms with Crippen molar-refractivity contribution >= 4 is 27.8 Å². The van der Waals surface area contributed by atoms with Crippen molar-refractivity contribution in [3.8, 4) is 0 Å². The lowest BCUT2D eigenvalue weighted by Crippen LogP contribution is -2.43. The van der Waals surface area contributed by atoms with Crippen molar-refractivity contribution in [3.05, 3.63) is 33.2 Å². The second kappa shape index (κ2) is 5.56. The molecule has 6 nitrogen and oxygen atoms in total. The van der Waals surface area contributed by atoms with E-state index >= 15 is 0 Å². The molecule has 1 aliphatic rings. The average Bonchev–Trinajstić information content (AvgIpc) is 2.83. The SMILES string of the molecule is O=C(O)[C@H]1CCCN1C(=O)Cn1cc(Br)ccc1=O. The third-order valence-corrected chi connectivity index (χ3v) is 3.58. The Morgan fingerprint density at radius 1 is 1.42 bits per heavy atom. The monoisotopic (exact) mass is 328 g/mol. The quantitative estimate of drug-likeness (QED) is 0.885. The zero-order chi connectivity index (χ0) is 14.0. The number of hydrogen-bond donors (Lipinski definition) is 1. The largest absolute Gasteiger partial charge is 0.480 e. The van der Waals surface area contributed by atoms with Gasteiger partial charge in [0.05, 0.1) is 0 Å². The van der Waals surface area contributed by atoms with Gasteiger partial charge in [-0.3, -0.25) is 9.59 Å². The van der Waals surface area contributed by atoms with Crippen LogP contribution in [0.3, 0.4) is 0 Å². The molecule has 1 aliphatic heterocycles. The topological polar surface area (TPSA) is 79.6 Å². The van der Waals surface area contributed by atoms with Crippen molar-refractivity contribution in [2.75, 3.05) is 6.54 Å². The van der Waals surface area contributed by atoms with E-state index in [0.29, 0.717) is 23.9 Å². The van der Waals surface area contributed by atoms with Crippen molar-refractivity contribution in [1.82, 2.24) is 9.47 Å². The van der Waals surface area contributed by atoms with Crippen LogP contribution in [0.1, 0.15) is 12.8 Å². The summed E-state index contributed by atoms with van der Waals surface area (Å²) in [6.07, 6.45) is 2.66. The molecule has 1 amide bonds. The molecule has 1 fully saturated rings. The number of carboxylic acid groups (broad SMARTS) is 1. The molecule has 0 radical (unpaired) electrons. The number of rotatable bonds is 3. The van der Waals surface area contributed by atoms with Gasteiger partial charge in [0, 0.05) is 23.3 Å². The number of aromatic nitrogens is 1. The Labute approximate surface area is 117 Å². The minimum absolute atomic E-state index is 0.137. The van der Waals surface area contributed by atoms with Crippen LogP contribution in [-0.2, 0) is 16.1 Å². The maximum absolute atomic E-state index is 12.1. The number of carboxylic acids is 1. The van der Waals surface area contributed by atoms with Crippen LogP contribution in [0, 0.1) is 0 Å². The maximum Gasteiger partial charge on any atom is 0.326 e. The molecule has 1 N–H and O–H groups in total. The highest BCUT2D eigenvalue weighted by atomic mass is 79.9. The van der Waals surface area contributed by atoms with E-state index in [0.717, 1.165) is 0 Å². The molecule has 0 bridgehead atoms. The van der Waals surface area contributed by atoms with Crippen molar-refractivity contribution in [2.45, 2.75) is 25.4 Å². The van der Waals surface area contributed by atoms with Gasteiger partial charge in [0.1, 0.15) is 12.6 Å². The summed E-state index contributed by atoms with van der Waals surface area (Å²) in [7, 11) is 0. The molecule has 1 aromatic heterocycles. The standard InChI is InChI=1S/C12H13BrN2O4/c13-8-3-4-10(16)14(6-8)7-11(17)15-5-1-2-9(15)12(18)19/h3-4,6,9H,1-2,5,7H2,(H,18,19)/t9-/m1/s1. The number of carbonyl (C=O) groups excluding carboxylic acids is 1. The molecule has 1 aromatic rings. The predicted octanol–water partition coefficient (Wildman–Crippen LogP) is 0.686. The average molecular weight is 329 g/mol. The fourth-order valence-corrected chi connectivity index (χ4v) is 2.56. The first-order valence-electron chi connectivity index (χ1n) is 5.87. The molecule has 0 aliphatic carbocycles. The Balaban J connectivity index is 2.15.